The Balaban J connectivity index is 2.76. The summed E-state index contributed by atoms with van der Waals surface area (Å²) in [6, 6.07) is 4.95. The molecule has 0 bridgehead atoms. The molecule has 2 amide bonds. The zero-order valence-corrected chi connectivity index (χ0v) is 8.82. The van der Waals surface area contributed by atoms with Crippen LogP contribution in [0.1, 0.15) is 0 Å². The summed E-state index contributed by atoms with van der Waals surface area (Å²) in [7, 11) is 3.11. The molecule has 0 saturated carbocycles. The summed E-state index contributed by atoms with van der Waals surface area (Å²) in [4.78, 5) is 22.2. The van der Waals surface area contributed by atoms with Crippen LogP contribution in [0.25, 0.3) is 0 Å². The molecule has 0 aromatic heterocycles. The van der Waals surface area contributed by atoms with Gasteiger partial charge in [0.05, 0.1) is 10.6 Å². The van der Waals surface area contributed by atoms with Crippen molar-refractivity contribution in [3.8, 4) is 0 Å². The van der Waals surface area contributed by atoms with E-state index >= 15 is 0 Å². The Hall–Kier alpha value is -2.31. The fourth-order valence-corrected chi connectivity index (χ4v) is 0.831. The molecule has 1 aromatic rings. The topological polar surface area (TPSA) is 88.2 Å². The van der Waals surface area contributed by atoms with E-state index in [0.29, 0.717) is 5.69 Å². The maximum atomic E-state index is 11.0. The van der Waals surface area contributed by atoms with E-state index < -0.39 is 11.0 Å². The number of azo groups is 1. The maximum Gasteiger partial charge on any atom is 0.361 e. The first kappa shape index (κ1) is 11.8. The molecule has 0 saturated heterocycles. The predicted molar refractivity (Wildman–Crippen MR) is 56.7 cm³/mol. The van der Waals surface area contributed by atoms with Gasteiger partial charge >= 0.3 is 6.03 Å². The summed E-state index contributed by atoms with van der Waals surface area (Å²) in [5.74, 6) is 0. The Morgan fingerprint density at radius 3 is 2.31 bits per heavy atom. The summed E-state index contributed by atoms with van der Waals surface area (Å²) in [5.41, 5.74) is 0.360. The lowest BCUT2D eigenvalue weighted by atomic mass is 10.3. The van der Waals surface area contributed by atoms with Gasteiger partial charge in [0, 0.05) is 26.2 Å². The number of benzene rings is 1. The van der Waals surface area contributed by atoms with Gasteiger partial charge in [0.1, 0.15) is 0 Å². The van der Waals surface area contributed by atoms with E-state index in [4.69, 9.17) is 0 Å². The molecule has 0 N–H and O–H groups in total. The Morgan fingerprint density at radius 1 is 1.31 bits per heavy atom. The molecule has 0 fully saturated rings. The fourth-order valence-electron chi connectivity index (χ4n) is 0.831. The van der Waals surface area contributed by atoms with Crippen molar-refractivity contribution in [3.63, 3.8) is 0 Å². The van der Waals surface area contributed by atoms with Crippen LogP contribution in [-0.4, -0.2) is 29.9 Å². The smallest absolute Gasteiger partial charge is 0.328 e. The molecular formula is C9H10N4O3. The van der Waals surface area contributed by atoms with E-state index in [1.54, 1.807) is 14.1 Å². The third kappa shape index (κ3) is 3.12. The molecule has 84 valence electrons. The first-order valence-electron chi connectivity index (χ1n) is 4.38. The quantitative estimate of drug-likeness (QED) is 0.437. The van der Waals surface area contributed by atoms with Crippen molar-refractivity contribution in [2.24, 2.45) is 10.2 Å². The second kappa shape index (κ2) is 4.96. The fraction of sp³-hybridized carbons (Fsp3) is 0.222. The molecule has 1 rings (SSSR count). The highest BCUT2D eigenvalue weighted by Gasteiger charge is 2.04. The van der Waals surface area contributed by atoms with Gasteiger partial charge in [0.25, 0.3) is 5.69 Å². The third-order valence-electron chi connectivity index (χ3n) is 1.69. The Kier molecular flexibility index (Phi) is 3.65. The van der Waals surface area contributed by atoms with E-state index in [1.165, 1.54) is 29.2 Å². The molecule has 0 aliphatic carbocycles. The third-order valence-corrected chi connectivity index (χ3v) is 1.69. The maximum absolute atomic E-state index is 11.0. The van der Waals surface area contributed by atoms with Crippen LogP contribution in [0.4, 0.5) is 16.2 Å². The van der Waals surface area contributed by atoms with Crippen molar-refractivity contribution < 1.29 is 9.72 Å². The van der Waals surface area contributed by atoms with Crippen molar-refractivity contribution in [2.75, 3.05) is 14.1 Å². The Bertz CT molecular complexity index is 425. The summed E-state index contributed by atoms with van der Waals surface area (Å²) < 4.78 is 0. The summed E-state index contributed by atoms with van der Waals surface area (Å²) in [5, 5.41) is 17.4. The minimum absolute atomic E-state index is 0.0297. The van der Waals surface area contributed by atoms with Crippen molar-refractivity contribution in [3.05, 3.63) is 34.4 Å². The van der Waals surface area contributed by atoms with E-state index in [0.717, 1.165) is 0 Å². The number of hydrogen-bond acceptors (Lipinski definition) is 4. The molecule has 0 unspecified atom stereocenters. The number of carbonyl (C=O) groups is 1. The number of amides is 2. The molecule has 7 nitrogen and oxygen atoms in total. The van der Waals surface area contributed by atoms with Crippen LogP contribution in [0.5, 0.6) is 0 Å². The van der Waals surface area contributed by atoms with Gasteiger partial charge in [-0.05, 0) is 12.1 Å². The average Bonchev–Trinajstić information content (AvgIpc) is 2.26. The lowest BCUT2D eigenvalue weighted by Gasteiger charge is -2.02. The zero-order chi connectivity index (χ0) is 12.1. The number of hydrogen-bond donors (Lipinski definition) is 0. The standard InChI is InChI=1S/C9H10N4O3/c1-12(2)9(14)11-10-7-3-5-8(6-4-7)13(15)16/h3-6H,1-2H3. The highest BCUT2D eigenvalue weighted by atomic mass is 16.6. The molecule has 16 heavy (non-hydrogen) atoms. The van der Waals surface area contributed by atoms with Gasteiger partial charge in [-0.1, -0.05) is 5.11 Å². The predicted octanol–water partition coefficient (Wildman–Crippen LogP) is 2.36. The van der Waals surface area contributed by atoms with Gasteiger partial charge in [-0.2, -0.15) is 0 Å². The number of urea groups is 1. The van der Waals surface area contributed by atoms with Gasteiger partial charge in [0.15, 0.2) is 0 Å². The van der Waals surface area contributed by atoms with Crippen LogP contribution in [0.15, 0.2) is 34.5 Å². The van der Waals surface area contributed by atoms with Gasteiger partial charge in [-0.25, -0.2) is 4.79 Å². The lowest BCUT2D eigenvalue weighted by Crippen LogP contribution is -2.16. The molecule has 0 radical (unpaired) electrons. The number of carbonyl (C=O) groups excluding carboxylic acids is 1. The molecule has 0 atom stereocenters. The van der Waals surface area contributed by atoms with Gasteiger partial charge in [-0.15, -0.1) is 5.11 Å². The van der Waals surface area contributed by atoms with Crippen molar-refractivity contribution >= 4 is 17.4 Å². The number of nitro benzene ring substituents is 1. The minimum atomic E-state index is -0.508. The number of non-ortho nitro benzene ring substituents is 1. The van der Waals surface area contributed by atoms with Crippen LogP contribution >= 0.6 is 0 Å². The van der Waals surface area contributed by atoms with Crippen molar-refractivity contribution in [1.29, 1.82) is 0 Å². The van der Waals surface area contributed by atoms with E-state index in [2.05, 4.69) is 10.2 Å². The highest BCUT2D eigenvalue weighted by Crippen LogP contribution is 2.18. The van der Waals surface area contributed by atoms with Gasteiger partial charge < -0.3 is 4.90 Å². The number of nitro groups is 1. The second-order valence-electron chi connectivity index (χ2n) is 3.15. The van der Waals surface area contributed by atoms with Crippen molar-refractivity contribution in [2.45, 2.75) is 0 Å². The largest absolute Gasteiger partial charge is 0.361 e. The summed E-state index contributed by atoms with van der Waals surface area (Å²) in [6.45, 7) is 0. The van der Waals surface area contributed by atoms with Gasteiger partial charge in [-0.3, -0.25) is 10.1 Å². The molecular weight excluding hydrogens is 212 g/mol. The summed E-state index contributed by atoms with van der Waals surface area (Å²) in [6.07, 6.45) is 0. The van der Waals surface area contributed by atoms with Crippen LogP contribution in [-0.2, 0) is 0 Å². The number of rotatable bonds is 2. The minimum Gasteiger partial charge on any atom is -0.328 e. The van der Waals surface area contributed by atoms with Crippen LogP contribution in [0.2, 0.25) is 0 Å². The van der Waals surface area contributed by atoms with E-state index in [1.807, 2.05) is 0 Å². The highest BCUT2D eigenvalue weighted by molar-refractivity contribution is 5.74. The van der Waals surface area contributed by atoms with E-state index in [9.17, 15) is 14.9 Å². The molecule has 1 aromatic carbocycles. The molecule has 0 aliphatic heterocycles. The molecule has 7 heteroatoms. The lowest BCUT2D eigenvalue weighted by molar-refractivity contribution is -0.384. The van der Waals surface area contributed by atoms with Crippen LogP contribution in [0.3, 0.4) is 0 Å². The second-order valence-corrected chi connectivity index (χ2v) is 3.15. The first-order valence-corrected chi connectivity index (χ1v) is 4.38. The monoisotopic (exact) mass is 222 g/mol. The van der Waals surface area contributed by atoms with E-state index in [-0.39, 0.29) is 5.69 Å². The Morgan fingerprint density at radius 2 is 1.88 bits per heavy atom. The van der Waals surface area contributed by atoms with Crippen LogP contribution < -0.4 is 0 Å². The molecule has 0 heterocycles. The van der Waals surface area contributed by atoms with Gasteiger partial charge in [0.2, 0.25) is 0 Å². The Labute approximate surface area is 91.5 Å². The molecule has 0 spiro atoms. The average molecular weight is 222 g/mol. The summed E-state index contributed by atoms with van der Waals surface area (Å²) >= 11 is 0. The zero-order valence-electron chi connectivity index (χ0n) is 8.82. The van der Waals surface area contributed by atoms with Crippen molar-refractivity contribution in [1.82, 2.24) is 4.90 Å². The molecule has 0 aliphatic rings. The SMILES string of the molecule is CN(C)C(=O)N=Nc1ccc([N+](=O)[O-])cc1. The number of nitrogens with zero attached hydrogens (tertiary/aromatic N) is 4. The first-order chi connectivity index (χ1) is 7.50. The van der Waals surface area contributed by atoms with Crippen LogP contribution in [0, 0.1) is 10.1 Å². The normalized spacial score (nSPS) is 10.4.